The van der Waals surface area contributed by atoms with Crippen molar-refractivity contribution in [2.75, 3.05) is 30.1 Å². The second-order valence-corrected chi connectivity index (χ2v) is 7.27. The van der Waals surface area contributed by atoms with Crippen LogP contribution in [-0.2, 0) is 6.42 Å². The lowest BCUT2D eigenvalue weighted by Gasteiger charge is -2.46. The van der Waals surface area contributed by atoms with Crippen LogP contribution in [0, 0.1) is 0 Å². The van der Waals surface area contributed by atoms with Crippen molar-refractivity contribution >= 4 is 23.5 Å². The lowest BCUT2D eigenvalue weighted by molar-refractivity contribution is -0.0799. The molecule has 4 N–H and O–H groups in total. The van der Waals surface area contributed by atoms with Crippen LogP contribution < -0.4 is 10.5 Å². The number of aliphatic hydroxyl groups is 1. The van der Waals surface area contributed by atoms with E-state index in [0.717, 1.165) is 17.0 Å². The van der Waals surface area contributed by atoms with Crippen molar-refractivity contribution in [3.8, 4) is 0 Å². The van der Waals surface area contributed by atoms with Gasteiger partial charge in [0.1, 0.15) is 5.60 Å². The van der Waals surface area contributed by atoms with Crippen LogP contribution >= 0.6 is 11.9 Å². The third-order valence-electron chi connectivity index (χ3n) is 4.18. The van der Waals surface area contributed by atoms with Crippen molar-refractivity contribution in [2.45, 2.75) is 12.0 Å². The molecule has 1 heterocycles. The third-order valence-corrected chi connectivity index (χ3v) is 5.00. The molecule has 1 saturated heterocycles. The predicted molar refractivity (Wildman–Crippen MR) is 103 cm³/mol. The van der Waals surface area contributed by atoms with Gasteiger partial charge in [-0.3, -0.25) is 4.79 Å². The minimum absolute atomic E-state index is 0.0427. The van der Waals surface area contributed by atoms with Gasteiger partial charge in [-0.15, -0.1) is 0 Å². The summed E-state index contributed by atoms with van der Waals surface area (Å²) in [5.41, 5.74) is 7.29. The number of rotatable bonds is 7. The molecule has 0 saturated carbocycles. The largest absolute Gasteiger partial charge is 0.386 e. The zero-order valence-corrected chi connectivity index (χ0v) is 14.8. The first-order chi connectivity index (χ1) is 12.1. The second kappa shape index (κ2) is 7.91. The molecule has 1 aliphatic heterocycles. The van der Waals surface area contributed by atoms with Gasteiger partial charge >= 0.3 is 0 Å². The molecule has 25 heavy (non-hydrogen) atoms. The number of nitrogens with one attached hydrogen (secondary N) is 1. The van der Waals surface area contributed by atoms with Crippen LogP contribution in [0.1, 0.15) is 15.9 Å². The maximum atomic E-state index is 12.5. The maximum absolute atomic E-state index is 12.5. The molecule has 2 aromatic carbocycles. The highest BCUT2D eigenvalue weighted by molar-refractivity contribution is 8.00. The van der Waals surface area contributed by atoms with Crippen LogP contribution in [0.25, 0.3) is 0 Å². The number of nitrogens with two attached hydrogens (primary N) is 1. The Hall–Kier alpha value is -2.02. The Labute approximate surface area is 152 Å². The summed E-state index contributed by atoms with van der Waals surface area (Å²) in [6.07, 6.45) is 0.568. The van der Waals surface area contributed by atoms with Gasteiger partial charge in [0.2, 0.25) is 0 Å². The summed E-state index contributed by atoms with van der Waals surface area (Å²) in [5, 5.41) is 10.6. The van der Waals surface area contributed by atoms with Crippen LogP contribution in [0.15, 0.2) is 54.6 Å². The minimum atomic E-state index is -0.822. The minimum Gasteiger partial charge on any atom is -0.386 e. The number of hydrogen-bond donors (Lipinski definition) is 3. The highest BCUT2D eigenvalue weighted by Crippen LogP contribution is 2.27. The quantitative estimate of drug-likeness (QED) is 0.523. The lowest BCUT2D eigenvalue weighted by atomic mass is 9.86. The topological polar surface area (TPSA) is 78.6 Å². The van der Waals surface area contributed by atoms with E-state index in [9.17, 15) is 9.90 Å². The monoisotopic (exact) mass is 357 g/mol. The van der Waals surface area contributed by atoms with E-state index in [-0.39, 0.29) is 5.91 Å². The average molecular weight is 357 g/mol. The van der Waals surface area contributed by atoms with Gasteiger partial charge in [0.25, 0.3) is 5.91 Å². The van der Waals surface area contributed by atoms with Gasteiger partial charge < -0.3 is 20.5 Å². The van der Waals surface area contributed by atoms with Crippen molar-refractivity contribution < 1.29 is 9.90 Å². The zero-order valence-electron chi connectivity index (χ0n) is 14.0. The Kier molecular flexibility index (Phi) is 5.63. The summed E-state index contributed by atoms with van der Waals surface area (Å²) in [7, 11) is 0. The Morgan fingerprint density at radius 2 is 1.84 bits per heavy atom. The lowest BCUT2D eigenvalue weighted by Crippen LogP contribution is -2.64. The first-order valence-electron chi connectivity index (χ1n) is 8.33. The number of benzene rings is 2. The normalized spacial score (nSPS) is 15.5. The molecule has 1 amide bonds. The summed E-state index contributed by atoms with van der Waals surface area (Å²) in [6, 6.07) is 17.2. The summed E-state index contributed by atoms with van der Waals surface area (Å²) < 4.78 is 3.18. The molecule has 2 aromatic rings. The van der Waals surface area contributed by atoms with Gasteiger partial charge in [-0.25, -0.2) is 0 Å². The molecular formula is C19H23N3O2S. The Morgan fingerprint density at radius 1 is 1.16 bits per heavy atom. The van der Waals surface area contributed by atoms with Crippen molar-refractivity contribution in [3.63, 3.8) is 0 Å². The summed E-state index contributed by atoms with van der Waals surface area (Å²) >= 11 is 1.54. The van der Waals surface area contributed by atoms with E-state index >= 15 is 0 Å². The van der Waals surface area contributed by atoms with Gasteiger partial charge in [0.15, 0.2) is 0 Å². The molecule has 0 bridgehead atoms. The fraction of sp³-hybridized carbons (Fsp3) is 0.316. The molecule has 6 heteroatoms. The molecule has 5 nitrogen and oxygen atoms in total. The Bertz CT molecular complexity index is 700. The molecule has 3 rings (SSSR count). The first kappa shape index (κ1) is 17.8. The number of carbonyl (C=O) groups is 1. The Morgan fingerprint density at radius 3 is 2.48 bits per heavy atom. The van der Waals surface area contributed by atoms with E-state index in [1.807, 2.05) is 54.6 Å². The van der Waals surface area contributed by atoms with Crippen LogP contribution in [0.3, 0.4) is 0 Å². The van der Waals surface area contributed by atoms with Crippen molar-refractivity contribution in [1.29, 1.82) is 0 Å². The molecule has 1 fully saturated rings. The van der Waals surface area contributed by atoms with Crippen molar-refractivity contribution in [3.05, 3.63) is 65.7 Å². The molecule has 0 atom stereocenters. The van der Waals surface area contributed by atoms with Crippen LogP contribution in [0.5, 0.6) is 0 Å². The molecule has 0 aliphatic carbocycles. The number of nitrogens with zero attached hydrogens (tertiary/aromatic N) is 1. The van der Waals surface area contributed by atoms with Crippen LogP contribution in [0.2, 0.25) is 0 Å². The van der Waals surface area contributed by atoms with E-state index in [4.69, 9.17) is 5.73 Å². The van der Waals surface area contributed by atoms with Crippen molar-refractivity contribution in [2.24, 2.45) is 5.73 Å². The van der Waals surface area contributed by atoms with Gasteiger partial charge in [-0.1, -0.05) is 42.3 Å². The Balaban J connectivity index is 1.53. The van der Waals surface area contributed by atoms with Crippen LogP contribution in [-0.4, -0.2) is 46.9 Å². The van der Waals surface area contributed by atoms with Gasteiger partial charge in [0, 0.05) is 30.0 Å². The van der Waals surface area contributed by atoms with Gasteiger partial charge in [0.05, 0.1) is 13.1 Å². The fourth-order valence-corrected chi connectivity index (χ4v) is 3.47. The highest BCUT2D eigenvalue weighted by atomic mass is 32.2. The number of amides is 1. The number of β-amino-alcohol motifs (C(OH)–C–C–N with tert-alkyl or cyclic N) is 1. The predicted octanol–water partition coefficient (Wildman–Crippen LogP) is 2.13. The van der Waals surface area contributed by atoms with Crippen LogP contribution in [0.4, 0.5) is 5.69 Å². The molecule has 1 aliphatic rings. The SMILES string of the molecule is NCCSNc1ccc(C(=O)N2CC(O)(Cc3ccccc3)C2)cc1. The zero-order chi connectivity index (χ0) is 17.7. The first-order valence-corrected chi connectivity index (χ1v) is 9.32. The van der Waals surface area contributed by atoms with Crippen molar-refractivity contribution in [1.82, 2.24) is 4.90 Å². The highest BCUT2D eigenvalue weighted by Gasteiger charge is 2.43. The summed E-state index contributed by atoms with van der Waals surface area (Å²) in [5.74, 6) is 0.785. The maximum Gasteiger partial charge on any atom is 0.254 e. The van der Waals surface area contributed by atoms with Gasteiger partial charge in [-0.05, 0) is 29.8 Å². The smallest absolute Gasteiger partial charge is 0.254 e. The van der Waals surface area contributed by atoms with E-state index in [2.05, 4.69) is 4.72 Å². The molecule has 0 radical (unpaired) electrons. The fourth-order valence-electron chi connectivity index (χ4n) is 2.95. The molecule has 0 aromatic heterocycles. The van der Waals surface area contributed by atoms with E-state index in [1.165, 1.54) is 11.9 Å². The molecule has 0 spiro atoms. The number of carbonyl (C=O) groups excluding carboxylic acids is 1. The molecular weight excluding hydrogens is 334 g/mol. The summed E-state index contributed by atoms with van der Waals surface area (Å²) in [6.45, 7) is 1.36. The van der Waals surface area contributed by atoms with Gasteiger partial charge in [-0.2, -0.15) is 0 Å². The van der Waals surface area contributed by atoms with E-state index < -0.39 is 5.60 Å². The average Bonchev–Trinajstić information content (AvgIpc) is 2.61. The number of likely N-dealkylation sites (tertiary alicyclic amines) is 1. The van der Waals surface area contributed by atoms with E-state index in [1.54, 1.807) is 4.90 Å². The summed E-state index contributed by atoms with van der Waals surface area (Å²) in [4.78, 5) is 14.2. The number of anilines is 1. The number of hydrogen-bond acceptors (Lipinski definition) is 5. The molecule has 0 unspecified atom stereocenters. The standard InChI is InChI=1S/C19H23N3O2S/c20-10-11-25-21-17-8-6-16(7-9-17)18(23)22-13-19(24,14-22)12-15-4-2-1-3-5-15/h1-9,21,24H,10-14,20H2. The second-order valence-electron chi connectivity index (χ2n) is 6.36. The molecule has 132 valence electrons. The third kappa shape index (κ3) is 4.54. The van der Waals surface area contributed by atoms with E-state index in [0.29, 0.717) is 31.6 Å².